The highest BCUT2D eigenvalue weighted by Crippen LogP contribution is 2.26. The SMILES string of the molecule is COCCN(CC(=O)Nc1nc(-c2ccc(OC)cc2)cn1-c1ccc(F)cc1)C(=O)c1cccc(OC)c1. The van der Waals surface area contributed by atoms with Crippen LogP contribution in [0.5, 0.6) is 11.5 Å². The van der Waals surface area contributed by atoms with Crippen LogP contribution < -0.4 is 14.8 Å². The second kappa shape index (κ2) is 12.7. The molecule has 2 amide bonds. The molecule has 1 aromatic heterocycles. The van der Waals surface area contributed by atoms with E-state index in [0.717, 1.165) is 5.56 Å². The number of carbonyl (C=O) groups excluding carboxylic acids is 2. The molecular weight excluding hydrogens is 503 g/mol. The van der Waals surface area contributed by atoms with E-state index in [9.17, 15) is 14.0 Å². The number of rotatable bonds is 11. The number of methoxy groups -OCH3 is 3. The summed E-state index contributed by atoms with van der Waals surface area (Å²) in [6.45, 7) is 0.200. The molecule has 1 N–H and O–H groups in total. The van der Waals surface area contributed by atoms with Crippen LogP contribution in [0.15, 0.2) is 79.0 Å². The number of halogens is 1. The van der Waals surface area contributed by atoms with Gasteiger partial charge in [-0.2, -0.15) is 0 Å². The van der Waals surface area contributed by atoms with E-state index in [1.165, 1.54) is 31.3 Å². The second-order valence-corrected chi connectivity index (χ2v) is 8.52. The largest absolute Gasteiger partial charge is 0.497 e. The molecule has 202 valence electrons. The Labute approximate surface area is 225 Å². The fraction of sp³-hybridized carbons (Fsp3) is 0.207. The predicted molar refractivity (Wildman–Crippen MR) is 145 cm³/mol. The van der Waals surface area contributed by atoms with Gasteiger partial charge in [-0.1, -0.05) is 6.07 Å². The van der Waals surface area contributed by atoms with Crippen molar-refractivity contribution >= 4 is 17.8 Å². The normalized spacial score (nSPS) is 10.7. The van der Waals surface area contributed by atoms with Crippen LogP contribution in [-0.2, 0) is 9.53 Å². The number of carbonyl (C=O) groups is 2. The molecule has 0 aliphatic rings. The number of nitrogens with zero attached hydrogens (tertiary/aromatic N) is 3. The molecule has 0 aliphatic heterocycles. The molecule has 1 heterocycles. The molecule has 0 atom stereocenters. The molecule has 0 fully saturated rings. The Morgan fingerprint density at radius 1 is 0.949 bits per heavy atom. The van der Waals surface area contributed by atoms with Gasteiger partial charge in [0.05, 0.1) is 26.5 Å². The van der Waals surface area contributed by atoms with Gasteiger partial charge in [0.2, 0.25) is 11.9 Å². The Morgan fingerprint density at radius 2 is 1.67 bits per heavy atom. The number of hydrogen-bond acceptors (Lipinski definition) is 6. The maximum atomic E-state index is 13.6. The molecule has 10 heteroatoms. The number of imidazole rings is 1. The number of benzene rings is 3. The van der Waals surface area contributed by atoms with Crippen LogP contribution in [0.2, 0.25) is 0 Å². The summed E-state index contributed by atoms with van der Waals surface area (Å²) >= 11 is 0. The Bertz CT molecular complexity index is 1420. The molecule has 0 unspecified atom stereocenters. The van der Waals surface area contributed by atoms with Crippen molar-refractivity contribution in [1.82, 2.24) is 14.5 Å². The lowest BCUT2D eigenvalue weighted by molar-refractivity contribution is -0.117. The van der Waals surface area contributed by atoms with Gasteiger partial charge >= 0.3 is 0 Å². The summed E-state index contributed by atoms with van der Waals surface area (Å²) in [5.74, 6) is 0.258. The average Bonchev–Trinajstić information content (AvgIpc) is 3.38. The zero-order chi connectivity index (χ0) is 27.8. The van der Waals surface area contributed by atoms with E-state index in [1.54, 1.807) is 54.3 Å². The number of amides is 2. The maximum Gasteiger partial charge on any atom is 0.254 e. The van der Waals surface area contributed by atoms with Crippen molar-refractivity contribution in [3.05, 3.63) is 90.4 Å². The van der Waals surface area contributed by atoms with E-state index >= 15 is 0 Å². The van der Waals surface area contributed by atoms with Crippen molar-refractivity contribution in [2.24, 2.45) is 0 Å². The lowest BCUT2D eigenvalue weighted by Gasteiger charge is -2.22. The molecule has 4 rings (SSSR count). The summed E-state index contributed by atoms with van der Waals surface area (Å²) in [5, 5.41) is 2.81. The molecule has 0 radical (unpaired) electrons. The lowest BCUT2D eigenvalue weighted by atomic mass is 10.1. The molecule has 9 nitrogen and oxygen atoms in total. The van der Waals surface area contributed by atoms with Gasteiger partial charge in [-0.05, 0) is 66.7 Å². The van der Waals surface area contributed by atoms with Crippen LogP contribution >= 0.6 is 0 Å². The van der Waals surface area contributed by atoms with Crippen molar-refractivity contribution < 1.29 is 28.2 Å². The molecule has 0 bridgehead atoms. The first-order valence-electron chi connectivity index (χ1n) is 12.1. The molecule has 0 saturated heterocycles. The highest BCUT2D eigenvalue weighted by atomic mass is 19.1. The van der Waals surface area contributed by atoms with E-state index in [-0.39, 0.29) is 37.4 Å². The van der Waals surface area contributed by atoms with Crippen molar-refractivity contribution in [2.45, 2.75) is 0 Å². The second-order valence-electron chi connectivity index (χ2n) is 8.52. The summed E-state index contributed by atoms with van der Waals surface area (Å²) < 4.78 is 30.9. The monoisotopic (exact) mass is 532 g/mol. The van der Waals surface area contributed by atoms with Crippen molar-refractivity contribution in [1.29, 1.82) is 0 Å². The molecule has 0 spiro atoms. The van der Waals surface area contributed by atoms with Gasteiger partial charge in [0.1, 0.15) is 23.9 Å². The summed E-state index contributed by atoms with van der Waals surface area (Å²) in [5.41, 5.74) is 2.36. The van der Waals surface area contributed by atoms with Gasteiger partial charge in [-0.3, -0.25) is 19.5 Å². The van der Waals surface area contributed by atoms with Crippen LogP contribution in [0.3, 0.4) is 0 Å². The molecule has 39 heavy (non-hydrogen) atoms. The van der Waals surface area contributed by atoms with Crippen LogP contribution in [0.4, 0.5) is 10.3 Å². The topological polar surface area (TPSA) is 94.9 Å². The number of ether oxygens (including phenoxy) is 3. The quantitative estimate of drug-likeness (QED) is 0.307. The van der Waals surface area contributed by atoms with Gasteiger partial charge in [0.25, 0.3) is 5.91 Å². The van der Waals surface area contributed by atoms with Crippen molar-refractivity contribution in [2.75, 3.05) is 46.3 Å². The Balaban J connectivity index is 1.60. The van der Waals surface area contributed by atoms with Crippen molar-refractivity contribution in [3.8, 4) is 28.4 Å². The molecule has 4 aromatic rings. The summed E-state index contributed by atoms with van der Waals surface area (Å²) in [6, 6.07) is 19.9. The Kier molecular flexibility index (Phi) is 8.90. The minimum Gasteiger partial charge on any atom is -0.497 e. The minimum absolute atomic E-state index is 0.198. The van der Waals surface area contributed by atoms with Gasteiger partial charge in [-0.15, -0.1) is 0 Å². The van der Waals surface area contributed by atoms with E-state index in [1.807, 2.05) is 24.3 Å². The predicted octanol–water partition coefficient (Wildman–Crippen LogP) is 4.42. The summed E-state index contributed by atoms with van der Waals surface area (Å²) in [6.07, 6.45) is 1.74. The zero-order valence-corrected chi connectivity index (χ0v) is 21.9. The first kappa shape index (κ1) is 27.3. The standard InChI is InChI=1S/C29H29FN4O5/c1-37-16-15-33(28(36)21-5-4-6-25(17-21)39-3)19-27(35)32-29-31-26(20-7-13-24(38-2)14-8-20)18-34(29)23-11-9-22(30)10-12-23/h4-14,17-18H,15-16,19H2,1-3H3,(H,31,32,35). The highest BCUT2D eigenvalue weighted by molar-refractivity contribution is 5.99. The number of anilines is 1. The third-order valence-corrected chi connectivity index (χ3v) is 5.95. The number of hydrogen-bond donors (Lipinski definition) is 1. The molecule has 0 saturated carbocycles. The molecular formula is C29H29FN4O5. The summed E-state index contributed by atoms with van der Waals surface area (Å²) in [7, 11) is 4.62. The third kappa shape index (κ3) is 6.79. The lowest BCUT2D eigenvalue weighted by Crippen LogP contribution is -2.40. The fourth-order valence-corrected chi connectivity index (χ4v) is 3.90. The van der Waals surface area contributed by atoms with Gasteiger partial charge in [0.15, 0.2) is 0 Å². The third-order valence-electron chi connectivity index (χ3n) is 5.95. The minimum atomic E-state index is -0.461. The first-order valence-corrected chi connectivity index (χ1v) is 12.1. The van der Waals surface area contributed by atoms with Gasteiger partial charge in [-0.25, -0.2) is 9.37 Å². The van der Waals surface area contributed by atoms with Gasteiger partial charge < -0.3 is 19.1 Å². The summed E-state index contributed by atoms with van der Waals surface area (Å²) in [4.78, 5) is 32.5. The number of nitrogens with one attached hydrogen (secondary N) is 1. The number of aromatic nitrogens is 2. The highest BCUT2D eigenvalue weighted by Gasteiger charge is 2.21. The Hall–Kier alpha value is -4.70. The smallest absolute Gasteiger partial charge is 0.254 e. The van der Waals surface area contributed by atoms with E-state index in [2.05, 4.69) is 10.3 Å². The Morgan fingerprint density at radius 3 is 2.33 bits per heavy atom. The molecule has 3 aromatic carbocycles. The van der Waals surface area contributed by atoms with Gasteiger partial charge in [0, 0.05) is 36.7 Å². The van der Waals surface area contributed by atoms with E-state index in [0.29, 0.717) is 28.4 Å². The fourth-order valence-electron chi connectivity index (χ4n) is 3.90. The van der Waals surface area contributed by atoms with Crippen LogP contribution in [0, 0.1) is 5.82 Å². The molecule has 0 aliphatic carbocycles. The van der Waals surface area contributed by atoms with Crippen molar-refractivity contribution in [3.63, 3.8) is 0 Å². The maximum absolute atomic E-state index is 13.6. The van der Waals surface area contributed by atoms with E-state index < -0.39 is 5.91 Å². The van der Waals surface area contributed by atoms with Crippen LogP contribution in [0.25, 0.3) is 16.9 Å². The first-order chi connectivity index (χ1) is 18.9. The van der Waals surface area contributed by atoms with Crippen LogP contribution in [0.1, 0.15) is 10.4 Å². The van der Waals surface area contributed by atoms with E-state index in [4.69, 9.17) is 14.2 Å². The average molecular weight is 533 g/mol. The van der Waals surface area contributed by atoms with Crippen LogP contribution in [-0.4, -0.2) is 67.3 Å². The zero-order valence-electron chi connectivity index (χ0n) is 21.9.